The Balaban J connectivity index is 1.22. The summed E-state index contributed by atoms with van der Waals surface area (Å²) in [6.07, 6.45) is 0. The summed E-state index contributed by atoms with van der Waals surface area (Å²) in [7, 11) is 0. The maximum absolute atomic E-state index is 6.18. The van der Waals surface area contributed by atoms with E-state index in [1.807, 2.05) is 12.1 Å². The van der Waals surface area contributed by atoms with Crippen LogP contribution in [0.4, 0.5) is 34.1 Å². The maximum atomic E-state index is 6.18. The molecule has 1 heterocycles. The van der Waals surface area contributed by atoms with Crippen LogP contribution in [0.5, 0.6) is 0 Å². The summed E-state index contributed by atoms with van der Waals surface area (Å²) >= 11 is 0. The van der Waals surface area contributed by atoms with Crippen LogP contribution in [0.1, 0.15) is 0 Å². The van der Waals surface area contributed by atoms with Gasteiger partial charge in [-0.3, -0.25) is 0 Å². The van der Waals surface area contributed by atoms with Crippen LogP contribution >= 0.6 is 0 Å². The third kappa shape index (κ3) is 5.13. The minimum Gasteiger partial charge on any atom is -0.456 e. The van der Waals surface area contributed by atoms with Gasteiger partial charge < -0.3 is 14.2 Å². The van der Waals surface area contributed by atoms with Gasteiger partial charge in [-0.15, -0.1) is 0 Å². The third-order valence-corrected chi connectivity index (χ3v) is 10.9. The molecule has 0 saturated heterocycles. The van der Waals surface area contributed by atoms with Gasteiger partial charge in [0.25, 0.3) is 0 Å². The summed E-state index contributed by atoms with van der Waals surface area (Å²) < 4.78 is 6.18. The van der Waals surface area contributed by atoms with Crippen molar-refractivity contribution in [3.05, 3.63) is 206 Å². The van der Waals surface area contributed by atoms with Crippen LogP contribution in [-0.4, -0.2) is 0 Å². The van der Waals surface area contributed by atoms with E-state index in [0.29, 0.717) is 0 Å². The predicted octanol–water partition coefficient (Wildman–Crippen LogP) is 15.1. The number of furan rings is 1. The summed E-state index contributed by atoms with van der Waals surface area (Å²) in [5, 5.41) is 9.61. The summed E-state index contributed by atoms with van der Waals surface area (Å²) in [5.41, 5.74) is 10.8. The van der Waals surface area contributed by atoms with Gasteiger partial charge in [0, 0.05) is 49.7 Å². The Labute approximate surface area is 318 Å². The average Bonchev–Trinajstić information content (AvgIpc) is 3.63. The van der Waals surface area contributed by atoms with Crippen molar-refractivity contribution in [3.8, 4) is 11.1 Å². The molecule has 0 fully saturated rings. The van der Waals surface area contributed by atoms with E-state index in [9.17, 15) is 0 Å². The molecule has 258 valence electrons. The molecule has 0 bridgehead atoms. The SMILES string of the molecule is c1ccc(N(c2ccccc2)c2cc(N(c3ccccc3)c3ccccc3)c3ccc4cc(-c5ccc6oc7ccccc7c6c5)cc5ccc2c3c54)cc1. The predicted molar refractivity (Wildman–Crippen MR) is 232 cm³/mol. The topological polar surface area (TPSA) is 19.6 Å². The van der Waals surface area contributed by atoms with Gasteiger partial charge in [0.15, 0.2) is 0 Å². The number of rotatable bonds is 7. The molecule has 0 aliphatic heterocycles. The van der Waals surface area contributed by atoms with Gasteiger partial charge in [-0.05, 0) is 112 Å². The fourth-order valence-corrected chi connectivity index (χ4v) is 8.48. The quantitative estimate of drug-likeness (QED) is 0.154. The molecule has 0 N–H and O–H groups in total. The van der Waals surface area contributed by atoms with Crippen LogP contribution < -0.4 is 9.80 Å². The largest absolute Gasteiger partial charge is 0.456 e. The number of benzene rings is 10. The van der Waals surface area contributed by atoms with Gasteiger partial charge in [-0.25, -0.2) is 0 Å². The van der Waals surface area contributed by atoms with Crippen molar-refractivity contribution in [2.75, 3.05) is 9.80 Å². The summed E-state index contributed by atoms with van der Waals surface area (Å²) in [4.78, 5) is 4.80. The van der Waals surface area contributed by atoms with E-state index in [1.165, 1.54) is 43.4 Å². The first-order chi connectivity index (χ1) is 27.3. The van der Waals surface area contributed by atoms with Gasteiger partial charge in [0.1, 0.15) is 11.2 Å². The van der Waals surface area contributed by atoms with Crippen molar-refractivity contribution in [2.45, 2.75) is 0 Å². The third-order valence-electron chi connectivity index (χ3n) is 10.9. The number of para-hydroxylation sites is 5. The van der Waals surface area contributed by atoms with Crippen LogP contribution in [0, 0.1) is 0 Å². The molecule has 0 aliphatic rings. The minimum atomic E-state index is 0.908. The Kier molecular flexibility index (Phi) is 7.17. The van der Waals surface area contributed by atoms with Crippen molar-refractivity contribution in [2.24, 2.45) is 0 Å². The van der Waals surface area contributed by atoms with Gasteiger partial charge in [-0.1, -0.05) is 121 Å². The van der Waals surface area contributed by atoms with Gasteiger partial charge >= 0.3 is 0 Å². The monoisotopic (exact) mass is 702 g/mol. The van der Waals surface area contributed by atoms with Crippen LogP contribution in [0.2, 0.25) is 0 Å². The molecule has 11 rings (SSSR count). The normalized spacial score (nSPS) is 11.6. The maximum Gasteiger partial charge on any atom is 0.135 e. The molecule has 10 aromatic carbocycles. The lowest BCUT2D eigenvalue weighted by Gasteiger charge is -2.32. The van der Waals surface area contributed by atoms with Crippen molar-refractivity contribution in [1.82, 2.24) is 0 Å². The van der Waals surface area contributed by atoms with Gasteiger partial charge in [0.05, 0.1) is 11.4 Å². The van der Waals surface area contributed by atoms with Gasteiger partial charge in [0.2, 0.25) is 0 Å². The lowest BCUT2D eigenvalue weighted by atomic mass is 9.89. The Hall–Kier alpha value is -7.36. The lowest BCUT2D eigenvalue weighted by Crippen LogP contribution is -2.14. The van der Waals surface area contributed by atoms with Crippen LogP contribution in [-0.2, 0) is 0 Å². The molecular weight excluding hydrogens is 669 g/mol. The van der Waals surface area contributed by atoms with E-state index >= 15 is 0 Å². The first kappa shape index (κ1) is 31.2. The number of hydrogen-bond acceptors (Lipinski definition) is 3. The fourth-order valence-electron chi connectivity index (χ4n) is 8.48. The highest BCUT2D eigenvalue weighted by molar-refractivity contribution is 6.29. The van der Waals surface area contributed by atoms with E-state index in [1.54, 1.807) is 0 Å². The molecule has 1 aromatic heterocycles. The first-order valence-corrected chi connectivity index (χ1v) is 18.8. The number of hydrogen-bond donors (Lipinski definition) is 0. The molecule has 0 amide bonds. The van der Waals surface area contributed by atoms with Crippen molar-refractivity contribution in [1.29, 1.82) is 0 Å². The molecule has 3 heteroatoms. The second-order valence-electron chi connectivity index (χ2n) is 14.1. The smallest absolute Gasteiger partial charge is 0.135 e. The minimum absolute atomic E-state index is 0.908. The van der Waals surface area contributed by atoms with Crippen molar-refractivity contribution in [3.63, 3.8) is 0 Å². The Morgan fingerprint density at radius 1 is 0.291 bits per heavy atom. The molecule has 0 atom stereocenters. The zero-order chi connectivity index (χ0) is 36.3. The molecule has 0 aliphatic carbocycles. The van der Waals surface area contributed by atoms with E-state index < -0.39 is 0 Å². The molecule has 0 saturated carbocycles. The Bertz CT molecular complexity index is 2910. The average molecular weight is 703 g/mol. The summed E-state index contributed by atoms with van der Waals surface area (Å²) in [5.74, 6) is 0. The van der Waals surface area contributed by atoms with E-state index in [4.69, 9.17) is 4.42 Å². The van der Waals surface area contributed by atoms with Crippen molar-refractivity contribution >= 4 is 88.4 Å². The highest BCUT2D eigenvalue weighted by Crippen LogP contribution is 2.50. The fraction of sp³-hybridized carbons (Fsp3) is 0. The summed E-state index contributed by atoms with van der Waals surface area (Å²) in [6.45, 7) is 0. The van der Waals surface area contributed by atoms with E-state index in [-0.39, 0.29) is 0 Å². The standard InChI is InChI=1S/C52H34N2O/c1-5-15-39(16-6-1)53(40-17-7-2-8-18-40)47-34-48(54(41-19-9-3-10-20-41)42-21-11-4-12-22-42)45-29-26-37-32-38(31-36-25-28-44(47)52(45)51(36)37)35-27-30-50-46(33-35)43-23-13-14-24-49(43)55-50/h1-34H. The molecule has 0 spiro atoms. The Morgan fingerprint density at radius 3 is 1.25 bits per heavy atom. The first-order valence-electron chi connectivity index (χ1n) is 18.8. The van der Waals surface area contributed by atoms with Crippen LogP contribution in [0.3, 0.4) is 0 Å². The number of nitrogens with zero attached hydrogens (tertiary/aromatic N) is 2. The zero-order valence-corrected chi connectivity index (χ0v) is 29.9. The molecular formula is C52H34N2O. The lowest BCUT2D eigenvalue weighted by molar-refractivity contribution is 0.669. The Morgan fingerprint density at radius 2 is 0.745 bits per heavy atom. The van der Waals surface area contributed by atoms with Gasteiger partial charge in [-0.2, -0.15) is 0 Å². The summed E-state index contributed by atoms with van der Waals surface area (Å²) in [6, 6.07) is 74.1. The molecule has 0 unspecified atom stereocenters. The zero-order valence-electron chi connectivity index (χ0n) is 29.9. The second-order valence-corrected chi connectivity index (χ2v) is 14.1. The molecule has 55 heavy (non-hydrogen) atoms. The van der Waals surface area contributed by atoms with Crippen LogP contribution in [0.15, 0.2) is 211 Å². The number of anilines is 6. The molecule has 11 aromatic rings. The van der Waals surface area contributed by atoms with E-state index in [0.717, 1.165) is 56.1 Å². The molecule has 3 nitrogen and oxygen atoms in total. The highest BCUT2D eigenvalue weighted by atomic mass is 16.3. The van der Waals surface area contributed by atoms with Crippen LogP contribution in [0.25, 0.3) is 65.4 Å². The highest BCUT2D eigenvalue weighted by Gasteiger charge is 2.24. The second kappa shape index (κ2) is 12.6. The van der Waals surface area contributed by atoms with Crippen molar-refractivity contribution < 1.29 is 4.42 Å². The number of fused-ring (bicyclic) bond motifs is 3. The van der Waals surface area contributed by atoms with E-state index in [2.05, 4.69) is 204 Å². The molecule has 0 radical (unpaired) electrons.